The van der Waals surface area contributed by atoms with Crippen LogP contribution >= 0.6 is 0 Å². The summed E-state index contributed by atoms with van der Waals surface area (Å²) in [5.41, 5.74) is -0.608. The summed E-state index contributed by atoms with van der Waals surface area (Å²) in [7, 11) is 1.58. The molecular weight excluding hydrogens is 266 g/mol. The minimum absolute atomic E-state index is 0.128. The van der Waals surface area contributed by atoms with E-state index in [1.54, 1.807) is 27.9 Å². The lowest BCUT2D eigenvalue weighted by molar-refractivity contribution is -0.147. The van der Waals surface area contributed by atoms with Gasteiger partial charge in [0.15, 0.2) is 0 Å². The van der Waals surface area contributed by atoms with Gasteiger partial charge in [0.25, 0.3) is 0 Å². The lowest BCUT2D eigenvalue weighted by Crippen LogP contribution is -2.42. The van der Waals surface area contributed by atoms with Gasteiger partial charge in [-0.15, -0.1) is 0 Å². The quantitative estimate of drug-likeness (QED) is 0.533. The minimum Gasteiger partial charge on any atom is -0.462 e. The highest BCUT2D eigenvalue weighted by Crippen LogP contribution is 2.06. The number of esters is 1. The second-order valence-corrected chi connectivity index (χ2v) is 5.14. The number of carbonyl (C=O) groups is 2. The van der Waals surface area contributed by atoms with Gasteiger partial charge in [0.05, 0.1) is 19.8 Å². The number of amides is 1. The zero-order valence-electron chi connectivity index (χ0n) is 12.9. The number of carbonyl (C=O) groups excluding carboxylic acids is 2. The molecule has 0 fully saturated rings. The zero-order valence-corrected chi connectivity index (χ0v) is 12.9. The van der Waals surface area contributed by atoms with Gasteiger partial charge in [-0.3, -0.25) is 0 Å². The molecule has 0 aromatic heterocycles. The normalized spacial score (nSPS) is 12.7. The Morgan fingerprint density at radius 2 is 1.70 bits per heavy atom. The molecule has 118 valence electrons. The second-order valence-electron chi connectivity index (χ2n) is 5.14. The van der Waals surface area contributed by atoms with Crippen molar-refractivity contribution < 1.29 is 28.5 Å². The predicted molar refractivity (Wildman–Crippen MR) is 72.5 cm³/mol. The first-order chi connectivity index (χ1) is 9.26. The van der Waals surface area contributed by atoms with Gasteiger partial charge in [0.1, 0.15) is 18.2 Å². The van der Waals surface area contributed by atoms with E-state index in [0.717, 1.165) is 0 Å². The molecule has 0 aromatic rings. The molecule has 0 bridgehead atoms. The van der Waals surface area contributed by atoms with E-state index < -0.39 is 23.7 Å². The molecule has 0 radical (unpaired) electrons. The summed E-state index contributed by atoms with van der Waals surface area (Å²) in [6.45, 7) is 8.10. The third-order valence-corrected chi connectivity index (χ3v) is 1.99. The molecule has 0 spiro atoms. The summed E-state index contributed by atoms with van der Waals surface area (Å²) >= 11 is 0. The van der Waals surface area contributed by atoms with Crippen molar-refractivity contribution in [3.8, 4) is 0 Å². The topological polar surface area (TPSA) is 83.1 Å². The Morgan fingerprint density at radius 1 is 1.10 bits per heavy atom. The van der Waals surface area contributed by atoms with Crippen LogP contribution in [0.4, 0.5) is 4.79 Å². The highest BCUT2D eigenvalue weighted by molar-refractivity contribution is 5.80. The molecule has 0 aliphatic rings. The predicted octanol–water partition coefficient (Wildman–Crippen LogP) is 1.11. The zero-order chi connectivity index (χ0) is 15.6. The molecule has 0 aromatic carbocycles. The van der Waals surface area contributed by atoms with Gasteiger partial charge in [-0.2, -0.15) is 0 Å². The van der Waals surface area contributed by atoms with Crippen LogP contribution in [0.5, 0.6) is 0 Å². The van der Waals surface area contributed by atoms with E-state index in [-0.39, 0.29) is 13.2 Å². The lowest BCUT2D eigenvalue weighted by Gasteiger charge is -2.21. The van der Waals surface area contributed by atoms with Crippen molar-refractivity contribution >= 4 is 12.1 Å². The molecule has 0 saturated carbocycles. The third kappa shape index (κ3) is 10.6. The molecule has 7 heteroatoms. The summed E-state index contributed by atoms with van der Waals surface area (Å²) in [4.78, 5) is 23.0. The molecule has 1 N–H and O–H groups in total. The molecule has 1 unspecified atom stereocenters. The van der Waals surface area contributed by atoms with E-state index in [1.165, 1.54) is 6.92 Å². The van der Waals surface area contributed by atoms with Crippen molar-refractivity contribution in [3.05, 3.63) is 0 Å². The van der Waals surface area contributed by atoms with Crippen molar-refractivity contribution in [1.29, 1.82) is 0 Å². The molecule has 7 nitrogen and oxygen atoms in total. The van der Waals surface area contributed by atoms with E-state index in [0.29, 0.717) is 13.2 Å². The molecule has 1 atom stereocenters. The Balaban J connectivity index is 3.78. The Labute approximate surface area is 119 Å². The Bertz CT molecular complexity index is 300. The van der Waals surface area contributed by atoms with Crippen molar-refractivity contribution in [2.75, 3.05) is 33.5 Å². The smallest absolute Gasteiger partial charge is 0.408 e. The summed E-state index contributed by atoms with van der Waals surface area (Å²) in [5, 5.41) is 2.40. The first kappa shape index (κ1) is 18.7. The average molecular weight is 291 g/mol. The van der Waals surface area contributed by atoms with Gasteiger partial charge in [0.2, 0.25) is 0 Å². The Hall–Kier alpha value is -1.34. The summed E-state index contributed by atoms with van der Waals surface area (Å²) in [6.07, 6.45) is -0.654. The fraction of sp³-hybridized carbons (Fsp3) is 0.846. The van der Waals surface area contributed by atoms with Crippen LogP contribution in [0.3, 0.4) is 0 Å². The monoisotopic (exact) mass is 291 g/mol. The third-order valence-electron chi connectivity index (χ3n) is 1.99. The number of hydrogen-bond acceptors (Lipinski definition) is 6. The molecule has 0 aliphatic carbocycles. The van der Waals surface area contributed by atoms with E-state index in [1.807, 2.05) is 0 Å². The average Bonchev–Trinajstić information content (AvgIpc) is 2.30. The fourth-order valence-electron chi connectivity index (χ4n) is 1.11. The van der Waals surface area contributed by atoms with Gasteiger partial charge in [-0.25, -0.2) is 9.59 Å². The van der Waals surface area contributed by atoms with E-state index in [9.17, 15) is 9.59 Å². The highest BCUT2D eigenvalue weighted by atomic mass is 16.6. The van der Waals surface area contributed by atoms with Gasteiger partial charge < -0.3 is 24.3 Å². The number of ether oxygens (including phenoxy) is 4. The number of hydrogen-bond donors (Lipinski definition) is 1. The minimum atomic E-state index is -0.774. The van der Waals surface area contributed by atoms with Gasteiger partial charge in [-0.05, 0) is 27.7 Å². The molecule has 0 rings (SSSR count). The molecular formula is C13H25NO6. The summed E-state index contributed by atoms with van der Waals surface area (Å²) < 4.78 is 19.9. The van der Waals surface area contributed by atoms with Crippen molar-refractivity contribution in [2.24, 2.45) is 0 Å². The van der Waals surface area contributed by atoms with Gasteiger partial charge in [-0.1, -0.05) is 0 Å². The highest BCUT2D eigenvalue weighted by Gasteiger charge is 2.21. The standard InChI is InChI=1S/C13H25NO6/c1-10(14-12(16)20-13(2,3)4)11(15)19-9-8-18-7-6-17-5/h10H,6-9H2,1-5H3,(H,14,16). The van der Waals surface area contributed by atoms with E-state index in [2.05, 4.69) is 5.32 Å². The number of methoxy groups -OCH3 is 1. The van der Waals surface area contributed by atoms with Crippen LogP contribution in [0.1, 0.15) is 27.7 Å². The molecule has 20 heavy (non-hydrogen) atoms. The van der Waals surface area contributed by atoms with Crippen molar-refractivity contribution in [3.63, 3.8) is 0 Å². The molecule has 0 heterocycles. The van der Waals surface area contributed by atoms with E-state index in [4.69, 9.17) is 18.9 Å². The number of alkyl carbamates (subject to hydrolysis) is 1. The first-order valence-electron chi connectivity index (χ1n) is 6.49. The maximum absolute atomic E-state index is 11.6. The Morgan fingerprint density at radius 3 is 2.25 bits per heavy atom. The van der Waals surface area contributed by atoms with E-state index >= 15 is 0 Å². The lowest BCUT2D eigenvalue weighted by atomic mass is 10.2. The number of nitrogens with one attached hydrogen (secondary N) is 1. The summed E-state index contributed by atoms with van der Waals surface area (Å²) in [6, 6.07) is -0.774. The molecule has 0 aliphatic heterocycles. The maximum atomic E-state index is 11.6. The van der Waals surface area contributed by atoms with Crippen molar-refractivity contribution in [2.45, 2.75) is 39.3 Å². The maximum Gasteiger partial charge on any atom is 0.408 e. The van der Waals surface area contributed by atoms with Crippen LogP contribution in [-0.4, -0.2) is 57.2 Å². The van der Waals surface area contributed by atoms with Crippen LogP contribution < -0.4 is 5.32 Å². The first-order valence-corrected chi connectivity index (χ1v) is 6.49. The SMILES string of the molecule is COCCOCCOC(=O)C(C)NC(=O)OC(C)(C)C. The van der Waals surface area contributed by atoms with Crippen LogP contribution in [-0.2, 0) is 23.7 Å². The summed E-state index contributed by atoms with van der Waals surface area (Å²) in [5.74, 6) is -0.536. The van der Waals surface area contributed by atoms with Crippen LogP contribution in [0.15, 0.2) is 0 Å². The second kappa shape index (κ2) is 9.55. The molecule has 0 saturated heterocycles. The van der Waals surface area contributed by atoms with Crippen LogP contribution in [0, 0.1) is 0 Å². The van der Waals surface area contributed by atoms with Gasteiger partial charge >= 0.3 is 12.1 Å². The fourth-order valence-corrected chi connectivity index (χ4v) is 1.11. The Kier molecular flexibility index (Phi) is 8.91. The largest absolute Gasteiger partial charge is 0.462 e. The van der Waals surface area contributed by atoms with Crippen molar-refractivity contribution in [1.82, 2.24) is 5.32 Å². The van der Waals surface area contributed by atoms with Gasteiger partial charge in [0, 0.05) is 7.11 Å². The van der Waals surface area contributed by atoms with Crippen LogP contribution in [0.25, 0.3) is 0 Å². The number of rotatable bonds is 8. The molecule has 1 amide bonds. The van der Waals surface area contributed by atoms with Crippen LogP contribution in [0.2, 0.25) is 0 Å².